The van der Waals surface area contributed by atoms with Gasteiger partial charge in [0.1, 0.15) is 11.5 Å². The van der Waals surface area contributed by atoms with E-state index in [0.717, 1.165) is 38.0 Å². The highest BCUT2D eigenvalue weighted by molar-refractivity contribution is 5.83. The Morgan fingerprint density at radius 2 is 2.04 bits per heavy atom. The second-order valence-corrected chi connectivity index (χ2v) is 7.91. The average molecular weight is 385 g/mol. The minimum atomic E-state index is -1.13. The van der Waals surface area contributed by atoms with Crippen molar-refractivity contribution in [2.24, 2.45) is 13.0 Å². The van der Waals surface area contributed by atoms with Gasteiger partial charge in [-0.2, -0.15) is 0 Å². The smallest absolute Gasteiger partial charge is 0.319 e. The molecule has 28 heavy (non-hydrogen) atoms. The van der Waals surface area contributed by atoms with E-state index < -0.39 is 5.41 Å². The zero-order valence-electron chi connectivity index (χ0n) is 16.2. The van der Waals surface area contributed by atoms with Crippen LogP contribution >= 0.6 is 0 Å². The van der Waals surface area contributed by atoms with Crippen molar-refractivity contribution in [3.05, 3.63) is 41.7 Å². The number of aromatic nitrogens is 4. The zero-order valence-corrected chi connectivity index (χ0v) is 16.2. The van der Waals surface area contributed by atoms with Crippen molar-refractivity contribution in [3.63, 3.8) is 0 Å². The van der Waals surface area contributed by atoms with Crippen molar-refractivity contribution in [2.45, 2.75) is 37.2 Å². The predicted octanol–water partition coefficient (Wildman–Crippen LogP) is 0.710. The molecule has 1 unspecified atom stereocenters. The fourth-order valence-electron chi connectivity index (χ4n) is 4.44. The summed E-state index contributed by atoms with van der Waals surface area (Å²) < 4.78 is 7.63. The molecule has 4 heterocycles. The number of aryl methyl sites for hydroxylation is 2. The van der Waals surface area contributed by atoms with Crippen molar-refractivity contribution in [1.29, 1.82) is 0 Å². The predicted molar refractivity (Wildman–Crippen MR) is 101 cm³/mol. The number of benzene rings is 1. The van der Waals surface area contributed by atoms with Gasteiger partial charge in [-0.05, 0) is 54.3 Å². The lowest BCUT2D eigenvalue weighted by Gasteiger charge is -2.45. The molecule has 1 N–H and O–H groups in total. The van der Waals surface area contributed by atoms with Gasteiger partial charge in [0.25, 0.3) is 0 Å². The topological polar surface area (TPSA) is 93.4 Å². The molecule has 0 aliphatic carbocycles. The fraction of sp³-hybridized carbons (Fsp3) is 0.600. The third-order valence-electron chi connectivity index (χ3n) is 6.32. The fourth-order valence-corrected chi connectivity index (χ4v) is 4.44. The molecule has 1 aromatic heterocycles. The largest absolute Gasteiger partial charge is 0.460 e. The Morgan fingerprint density at radius 3 is 2.61 bits per heavy atom. The van der Waals surface area contributed by atoms with Crippen molar-refractivity contribution in [1.82, 2.24) is 25.1 Å². The van der Waals surface area contributed by atoms with E-state index in [1.165, 1.54) is 0 Å². The molecule has 0 saturated carbocycles. The van der Waals surface area contributed by atoms with Gasteiger partial charge in [-0.15, -0.1) is 5.10 Å². The lowest BCUT2D eigenvalue weighted by atomic mass is 9.76. The van der Waals surface area contributed by atoms with Crippen LogP contribution in [-0.4, -0.2) is 68.5 Å². The molecule has 3 aliphatic heterocycles. The third-order valence-corrected chi connectivity index (χ3v) is 6.32. The number of rotatable bonds is 7. The van der Waals surface area contributed by atoms with Gasteiger partial charge in [0.2, 0.25) is 0 Å². The van der Waals surface area contributed by atoms with Crippen molar-refractivity contribution >= 4 is 5.97 Å². The van der Waals surface area contributed by atoms with Crippen LogP contribution in [0.2, 0.25) is 0 Å². The van der Waals surface area contributed by atoms with Gasteiger partial charge in [-0.25, -0.2) is 4.68 Å². The summed E-state index contributed by atoms with van der Waals surface area (Å²) in [6, 6.07) is 9.42. The molecule has 150 valence electrons. The number of tetrazole rings is 1. The first-order chi connectivity index (χ1) is 13.6. The number of hydrogen-bond donors (Lipinski definition) is 1. The minimum absolute atomic E-state index is 0.0962. The Balaban J connectivity index is 1.58. The number of carbonyl (C=O) groups is 1. The first-order valence-electron chi connectivity index (χ1n) is 9.93. The second-order valence-electron chi connectivity index (χ2n) is 7.91. The maximum Gasteiger partial charge on any atom is 0.319 e. The summed E-state index contributed by atoms with van der Waals surface area (Å²) in [5.74, 6) is 0.739. The van der Waals surface area contributed by atoms with E-state index in [4.69, 9.17) is 4.74 Å². The minimum Gasteiger partial charge on any atom is -0.460 e. The summed E-state index contributed by atoms with van der Waals surface area (Å²) in [5.41, 5.74) is -0.363. The Kier molecular flexibility index (Phi) is 5.41. The van der Waals surface area contributed by atoms with Crippen LogP contribution in [0.5, 0.6) is 0 Å². The van der Waals surface area contributed by atoms with Gasteiger partial charge in [0, 0.05) is 20.0 Å². The summed E-state index contributed by atoms with van der Waals surface area (Å²) >= 11 is 0. The highest BCUT2D eigenvalue weighted by Crippen LogP contribution is 2.35. The van der Waals surface area contributed by atoms with E-state index in [2.05, 4.69) is 20.4 Å². The summed E-state index contributed by atoms with van der Waals surface area (Å²) in [7, 11) is 1.77. The Labute approximate surface area is 164 Å². The average Bonchev–Trinajstić information content (AvgIpc) is 3.15. The van der Waals surface area contributed by atoms with Crippen LogP contribution in [0.1, 0.15) is 30.7 Å². The van der Waals surface area contributed by atoms with Crippen molar-refractivity contribution in [3.8, 4) is 0 Å². The van der Waals surface area contributed by atoms with Crippen LogP contribution in [0.3, 0.4) is 0 Å². The number of nitrogens with zero attached hydrogens (tertiary/aromatic N) is 5. The molecule has 0 radical (unpaired) electrons. The van der Waals surface area contributed by atoms with E-state index in [-0.39, 0.29) is 18.7 Å². The molecule has 1 aromatic carbocycles. The highest BCUT2D eigenvalue weighted by atomic mass is 16.5. The monoisotopic (exact) mass is 385 g/mol. The number of hydrogen-bond acceptors (Lipinski definition) is 7. The maximum atomic E-state index is 13.4. The molecule has 2 atom stereocenters. The van der Waals surface area contributed by atoms with Crippen molar-refractivity contribution in [2.75, 3.05) is 26.2 Å². The van der Waals surface area contributed by atoms with Crippen LogP contribution in [-0.2, 0) is 28.4 Å². The maximum absolute atomic E-state index is 13.4. The summed E-state index contributed by atoms with van der Waals surface area (Å²) in [6.45, 7) is 2.64. The lowest BCUT2D eigenvalue weighted by Crippen LogP contribution is -2.54. The van der Waals surface area contributed by atoms with Gasteiger partial charge in [-0.1, -0.05) is 30.3 Å². The van der Waals surface area contributed by atoms with Crippen LogP contribution in [0.25, 0.3) is 0 Å². The Morgan fingerprint density at radius 1 is 1.29 bits per heavy atom. The molecule has 8 nitrogen and oxygen atoms in total. The zero-order chi connectivity index (χ0) is 19.6. The quantitative estimate of drug-likeness (QED) is 0.702. The number of fused-ring (bicyclic) bond motifs is 3. The molecule has 3 saturated heterocycles. The SMILES string of the molecule is Cn1nnnc1CCC(CO)(C(=O)O[C@H]1CN2CCC1CC2)c1ccccc1. The van der Waals surface area contributed by atoms with E-state index in [1.807, 2.05) is 30.3 Å². The summed E-state index contributed by atoms with van der Waals surface area (Å²) in [4.78, 5) is 15.8. The van der Waals surface area contributed by atoms with Crippen molar-refractivity contribution < 1.29 is 14.6 Å². The van der Waals surface area contributed by atoms with Gasteiger partial charge in [-0.3, -0.25) is 9.69 Å². The highest BCUT2D eigenvalue weighted by Gasteiger charge is 2.45. The molecule has 8 heteroatoms. The van der Waals surface area contributed by atoms with Gasteiger partial charge < -0.3 is 9.84 Å². The molecule has 0 spiro atoms. The molecular formula is C20H27N5O3. The Hall–Kier alpha value is -2.32. The molecular weight excluding hydrogens is 358 g/mol. The number of ether oxygens (including phenoxy) is 1. The Bertz CT molecular complexity index is 803. The number of carbonyl (C=O) groups excluding carboxylic acids is 1. The second kappa shape index (κ2) is 7.97. The molecule has 5 rings (SSSR count). The van der Waals surface area contributed by atoms with Crippen LogP contribution in [0.15, 0.2) is 30.3 Å². The van der Waals surface area contributed by atoms with Crippen LogP contribution in [0.4, 0.5) is 0 Å². The summed E-state index contributed by atoms with van der Waals surface area (Å²) in [6.07, 6.45) is 2.89. The molecule has 3 aliphatic rings. The van der Waals surface area contributed by atoms with Gasteiger partial charge in [0.15, 0.2) is 5.82 Å². The lowest BCUT2D eigenvalue weighted by molar-refractivity contribution is -0.168. The van der Waals surface area contributed by atoms with Gasteiger partial charge >= 0.3 is 5.97 Å². The number of piperidine rings is 3. The third kappa shape index (κ3) is 3.54. The van der Waals surface area contributed by atoms with E-state index in [1.54, 1.807) is 11.7 Å². The molecule has 0 amide bonds. The first-order valence-corrected chi connectivity index (χ1v) is 9.93. The van der Waals surface area contributed by atoms with E-state index in [9.17, 15) is 9.90 Å². The summed E-state index contributed by atoms with van der Waals surface area (Å²) in [5, 5.41) is 21.9. The van der Waals surface area contributed by atoms with Crippen LogP contribution < -0.4 is 0 Å². The first kappa shape index (κ1) is 19.0. The number of aliphatic hydroxyl groups is 1. The van der Waals surface area contributed by atoms with Crippen LogP contribution in [0, 0.1) is 5.92 Å². The molecule has 3 fully saturated rings. The number of esters is 1. The molecule has 2 bridgehead atoms. The van der Waals surface area contributed by atoms with E-state index in [0.29, 0.717) is 24.6 Å². The normalized spacial score (nSPS) is 26.0. The van der Waals surface area contributed by atoms with Gasteiger partial charge in [0.05, 0.1) is 6.61 Å². The number of aliphatic hydroxyl groups excluding tert-OH is 1. The van der Waals surface area contributed by atoms with E-state index >= 15 is 0 Å². The standard InChI is InChI=1S/C20H27N5O3/c1-24-18(21-22-23-24)7-10-20(14-26,16-5-3-2-4-6-16)19(27)28-17-13-25-11-8-15(17)9-12-25/h2-6,15,17,26H,7-14H2,1H3/t17-,20?/m0/s1. The molecule has 2 aromatic rings.